The van der Waals surface area contributed by atoms with Crippen LogP contribution in [0.25, 0.3) is 50.0 Å². The van der Waals surface area contributed by atoms with Crippen molar-refractivity contribution in [2.75, 3.05) is 4.90 Å². The zero-order valence-corrected chi connectivity index (χ0v) is 27.8. The van der Waals surface area contributed by atoms with Crippen molar-refractivity contribution in [1.29, 1.82) is 0 Å². The molecule has 0 fully saturated rings. The van der Waals surface area contributed by atoms with E-state index in [-0.39, 0.29) is 5.56 Å². The molecule has 0 aliphatic heterocycles. The molecule has 0 bridgehead atoms. The maximum Gasteiger partial charge on any atom is 0.168 e. The second-order valence-electron chi connectivity index (χ2n) is 12.7. The highest BCUT2D eigenvalue weighted by Gasteiger charge is 2.22. The summed E-state index contributed by atoms with van der Waals surface area (Å²) in [4.78, 5) is 7.04. The number of aromatic nitrogens is 4. The molecule has 5 nitrogen and oxygen atoms in total. The zero-order chi connectivity index (χ0) is 36.3. The average molecular weight is 650 g/mol. The highest BCUT2D eigenvalue weighted by Crippen LogP contribution is 2.42. The first-order valence-corrected chi connectivity index (χ1v) is 16.8. The average Bonchev–Trinajstić information content (AvgIpc) is 3.73. The van der Waals surface area contributed by atoms with Gasteiger partial charge in [-0.25, -0.2) is 4.98 Å². The molecule has 240 valence electrons. The Morgan fingerprint density at radius 2 is 1.20 bits per heavy atom. The van der Waals surface area contributed by atoms with Gasteiger partial charge in [0.1, 0.15) is 17.2 Å². The molecule has 0 N–H and O–H groups in total. The van der Waals surface area contributed by atoms with Gasteiger partial charge >= 0.3 is 0 Å². The number of anilines is 3. The van der Waals surface area contributed by atoms with Gasteiger partial charge in [0, 0.05) is 45.0 Å². The van der Waals surface area contributed by atoms with Crippen molar-refractivity contribution < 1.29 is 4.11 Å². The second kappa shape index (κ2) is 11.9. The van der Waals surface area contributed by atoms with Crippen molar-refractivity contribution in [1.82, 2.24) is 18.7 Å². The highest BCUT2D eigenvalue weighted by atomic mass is 15.2. The van der Waals surface area contributed by atoms with Gasteiger partial charge in [-0.15, -0.1) is 0 Å². The van der Waals surface area contributed by atoms with Crippen LogP contribution in [0.2, 0.25) is 0 Å². The third-order valence-corrected chi connectivity index (χ3v) is 9.59. The predicted molar refractivity (Wildman–Crippen MR) is 208 cm³/mol. The fourth-order valence-corrected chi connectivity index (χ4v) is 7.34. The smallest absolute Gasteiger partial charge is 0.168 e. The predicted octanol–water partition coefficient (Wildman–Crippen LogP) is 11.6. The number of aryl methyl sites for hydroxylation is 3. The first kappa shape index (κ1) is 26.5. The van der Waals surface area contributed by atoms with Crippen LogP contribution in [0.5, 0.6) is 0 Å². The zero-order valence-electron chi connectivity index (χ0n) is 30.8. The first-order valence-electron chi connectivity index (χ1n) is 18.3. The summed E-state index contributed by atoms with van der Waals surface area (Å²) in [5.41, 5.74) is 11.9. The number of imidazole rings is 1. The number of hydrogen-bond donors (Lipinski definition) is 0. The molecule has 0 amide bonds. The summed E-state index contributed by atoms with van der Waals surface area (Å²) in [6.45, 7) is 2.06. The monoisotopic (exact) mass is 649 g/mol. The molecule has 3 aromatic heterocycles. The van der Waals surface area contributed by atoms with Crippen LogP contribution < -0.4 is 4.90 Å². The fourth-order valence-electron chi connectivity index (χ4n) is 7.34. The molecule has 9 aromatic rings. The Labute approximate surface area is 295 Å². The Kier molecular flexibility index (Phi) is 6.30. The molecular weight excluding hydrogens is 611 g/mol. The summed E-state index contributed by atoms with van der Waals surface area (Å²) in [5, 5.41) is 2.13. The number of pyridine rings is 1. The summed E-state index contributed by atoms with van der Waals surface area (Å²) >= 11 is 0. The minimum Gasteiger partial charge on any atom is -0.309 e. The van der Waals surface area contributed by atoms with Gasteiger partial charge < -0.3 is 4.90 Å². The summed E-state index contributed by atoms with van der Waals surface area (Å²) in [6.07, 6.45) is 3.75. The standard InChI is InChI=1S/C45H36N5/c1-31-25-26-46-44(27-31)50-40-20-8-7-19-38(40)39-24-23-37(29-43(39)50)49(45-32(2)13-11-14-33(45)3)36-18-12-17-35(28-36)48-30-47(34-15-5-4-6-16-34)41-21-9-10-22-42(41)48/h4-30H,1-3H3/q+1/i1D3. The van der Waals surface area contributed by atoms with Crippen LogP contribution in [-0.4, -0.2) is 18.7 Å². The molecule has 0 unspecified atom stereocenters. The number of nitrogens with zero attached hydrogens (tertiary/aromatic N) is 5. The van der Waals surface area contributed by atoms with Gasteiger partial charge in [-0.2, -0.15) is 9.13 Å². The van der Waals surface area contributed by atoms with E-state index in [2.05, 4.69) is 160 Å². The molecule has 0 radical (unpaired) electrons. The van der Waals surface area contributed by atoms with Crippen molar-refractivity contribution in [2.45, 2.75) is 20.7 Å². The minimum absolute atomic E-state index is 0.254. The summed E-state index contributed by atoms with van der Waals surface area (Å²) < 4.78 is 30.9. The van der Waals surface area contributed by atoms with Crippen molar-refractivity contribution >= 4 is 49.9 Å². The van der Waals surface area contributed by atoms with E-state index in [1.54, 1.807) is 18.3 Å². The summed E-state index contributed by atoms with van der Waals surface area (Å²) in [5.74, 6) is 0.564. The van der Waals surface area contributed by atoms with Crippen molar-refractivity contribution in [3.05, 3.63) is 181 Å². The molecule has 0 saturated heterocycles. The first-order chi connectivity index (χ1) is 25.8. The summed E-state index contributed by atoms with van der Waals surface area (Å²) in [7, 11) is 0. The van der Waals surface area contributed by atoms with Gasteiger partial charge in [0.15, 0.2) is 17.4 Å². The van der Waals surface area contributed by atoms with Crippen LogP contribution in [0.15, 0.2) is 164 Å². The van der Waals surface area contributed by atoms with Gasteiger partial charge in [-0.1, -0.05) is 78.9 Å². The Bertz CT molecular complexity index is 2790. The Balaban J connectivity index is 1.27. The van der Waals surface area contributed by atoms with E-state index in [0.29, 0.717) is 5.82 Å². The van der Waals surface area contributed by atoms with Crippen LogP contribution in [0.3, 0.4) is 0 Å². The van der Waals surface area contributed by atoms with Gasteiger partial charge in [0.25, 0.3) is 0 Å². The lowest BCUT2D eigenvalue weighted by atomic mass is 10.0. The molecule has 0 aliphatic rings. The van der Waals surface area contributed by atoms with E-state index in [0.717, 1.165) is 72.4 Å². The number of fused-ring (bicyclic) bond motifs is 4. The third-order valence-electron chi connectivity index (χ3n) is 9.59. The van der Waals surface area contributed by atoms with Crippen LogP contribution in [0.4, 0.5) is 17.1 Å². The molecule has 0 spiro atoms. The van der Waals surface area contributed by atoms with E-state index in [9.17, 15) is 0 Å². The van der Waals surface area contributed by atoms with Crippen LogP contribution >= 0.6 is 0 Å². The summed E-state index contributed by atoms with van der Waals surface area (Å²) in [6, 6.07) is 52.0. The second-order valence-corrected chi connectivity index (χ2v) is 12.7. The van der Waals surface area contributed by atoms with Gasteiger partial charge in [-0.3, -0.25) is 4.57 Å². The number of rotatable bonds is 6. The number of benzene rings is 6. The molecule has 0 atom stereocenters. The van der Waals surface area contributed by atoms with Crippen molar-refractivity contribution in [3.8, 4) is 17.2 Å². The minimum atomic E-state index is -2.25. The fraction of sp³-hybridized carbons (Fsp3) is 0.0667. The molecule has 9 rings (SSSR count). The molecule has 0 aliphatic carbocycles. The van der Waals surface area contributed by atoms with Crippen LogP contribution in [-0.2, 0) is 0 Å². The number of hydrogen-bond acceptors (Lipinski definition) is 2. The quantitative estimate of drug-likeness (QED) is 0.168. The number of para-hydroxylation sites is 5. The normalized spacial score (nSPS) is 12.6. The van der Waals surface area contributed by atoms with E-state index in [1.165, 1.54) is 0 Å². The van der Waals surface area contributed by atoms with Gasteiger partial charge in [0.05, 0.1) is 22.4 Å². The lowest BCUT2D eigenvalue weighted by Crippen LogP contribution is -2.13. The molecular formula is C45H36N5+. The van der Waals surface area contributed by atoms with Crippen molar-refractivity contribution in [2.24, 2.45) is 0 Å². The topological polar surface area (TPSA) is 30.9 Å². The molecule has 5 heteroatoms. The van der Waals surface area contributed by atoms with Gasteiger partial charge in [-0.05, 0) is 92.0 Å². The maximum absolute atomic E-state index is 8.10. The van der Waals surface area contributed by atoms with E-state index < -0.39 is 6.85 Å². The van der Waals surface area contributed by atoms with E-state index >= 15 is 0 Å². The molecule has 6 aromatic carbocycles. The lowest BCUT2D eigenvalue weighted by Gasteiger charge is -2.29. The van der Waals surface area contributed by atoms with E-state index in [4.69, 9.17) is 9.10 Å². The SMILES string of the molecule is [2H]C([2H])([2H])c1ccnc(-n2c3ccccc3c3ccc(N(c4cccc(-n5[cH+]n(-c6ccccc6)c6ccccc65)c4)c4c(C)cccc4C)cc32)c1. The Hall–Kier alpha value is -6.46. The van der Waals surface area contributed by atoms with Crippen LogP contribution in [0.1, 0.15) is 20.8 Å². The maximum atomic E-state index is 8.10. The van der Waals surface area contributed by atoms with E-state index in [1.807, 2.05) is 18.2 Å². The lowest BCUT2D eigenvalue weighted by molar-refractivity contribution is 1.01. The third kappa shape index (κ3) is 4.86. The largest absolute Gasteiger partial charge is 0.309 e. The Morgan fingerprint density at radius 1 is 0.560 bits per heavy atom. The van der Waals surface area contributed by atoms with Gasteiger partial charge in [0.2, 0.25) is 0 Å². The molecule has 3 heterocycles. The Morgan fingerprint density at radius 3 is 1.98 bits per heavy atom. The molecule has 0 saturated carbocycles. The highest BCUT2D eigenvalue weighted by molar-refractivity contribution is 6.10. The van der Waals surface area contributed by atoms with Crippen molar-refractivity contribution in [3.63, 3.8) is 0 Å². The van der Waals surface area contributed by atoms with Crippen LogP contribution in [0, 0.1) is 20.7 Å². The molecule has 50 heavy (non-hydrogen) atoms.